The van der Waals surface area contributed by atoms with Crippen molar-refractivity contribution in [1.82, 2.24) is 4.90 Å². The van der Waals surface area contributed by atoms with Gasteiger partial charge in [0.25, 0.3) is 0 Å². The average Bonchev–Trinajstić information content (AvgIpc) is 1.96. The van der Waals surface area contributed by atoms with E-state index in [1.54, 1.807) is 0 Å². The molecule has 0 saturated heterocycles. The predicted octanol–water partition coefficient (Wildman–Crippen LogP) is 2.22. The van der Waals surface area contributed by atoms with Crippen molar-refractivity contribution < 1.29 is 9.90 Å². The van der Waals surface area contributed by atoms with E-state index in [0.29, 0.717) is 6.04 Å². The minimum absolute atomic E-state index is 0.260. The molecule has 1 atom stereocenters. The van der Waals surface area contributed by atoms with Crippen LogP contribution in [0.3, 0.4) is 0 Å². The van der Waals surface area contributed by atoms with Gasteiger partial charge in [0.1, 0.15) is 0 Å². The second-order valence-electron chi connectivity index (χ2n) is 5.26. The van der Waals surface area contributed by atoms with E-state index in [4.69, 9.17) is 5.11 Å². The molecule has 0 heterocycles. The lowest BCUT2D eigenvalue weighted by Gasteiger charge is -2.31. The summed E-state index contributed by atoms with van der Waals surface area (Å²) in [5.74, 6) is -0.707. The summed E-state index contributed by atoms with van der Waals surface area (Å²) in [4.78, 5) is 12.6. The topological polar surface area (TPSA) is 40.5 Å². The second-order valence-corrected chi connectivity index (χ2v) is 5.26. The molecule has 0 saturated carbocycles. The molecule has 0 aromatic rings. The number of hydrogen-bond donors (Lipinski definition) is 1. The number of carbonyl (C=O) groups is 1. The first-order valence-electron chi connectivity index (χ1n) is 5.14. The van der Waals surface area contributed by atoms with E-state index in [0.717, 1.165) is 13.0 Å². The van der Waals surface area contributed by atoms with Crippen molar-refractivity contribution in [3.8, 4) is 0 Å². The van der Waals surface area contributed by atoms with E-state index in [-0.39, 0.29) is 11.8 Å². The molecule has 0 bridgehead atoms. The Bertz CT molecular complexity index is 184. The number of hydrogen-bond acceptors (Lipinski definition) is 2. The van der Waals surface area contributed by atoms with Gasteiger partial charge in [-0.2, -0.15) is 0 Å². The lowest BCUT2D eigenvalue weighted by atomic mass is 9.95. The van der Waals surface area contributed by atoms with Crippen LogP contribution < -0.4 is 0 Å². The molecule has 0 aliphatic carbocycles. The highest BCUT2D eigenvalue weighted by Gasteiger charge is 2.17. The zero-order valence-corrected chi connectivity index (χ0v) is 10.0. The van der Waals surface area contributed by atoms with Gasteiger partial charge >= 0.3 is 5.97 Å². The van der Waals surface area contributed by atoms with E-state index < -0.39 is 5.97 Å². The number of aliphatic carboxylic acids is 1. The Hall–Kier alpha value is -0.570. The summed E-state index contributed by atoms with van der Waals surface area (Å²) in [6.07, 6.45) is 0.984. The Kier molecular flexibility index (Phi) is 5.13. The Morgan fingerprint density at radius 1 is 1.43 bits per heavy atom. The highest BCUT2D eigenvalue weighted by atomic mass is 16.4. The molecule has 3 heteroatoms. The molecule has 3 nitrogen and oxygen atoms in total. The third-order valence-corrected chi connectivity index (χ3v) is 2.25. The zero-order valence-electron chi connectivity index (χ0n) is 10.0. The van der Waals surface area contributed by atoms with Crippen LogP contribution in [0.1, 0.15) is 40.5 Å². The third-order valence-electron chi connectivity index (χ3n) is 2.25. The van der Waals surface area contributed by atoms with Gasteiger partial charge in [0.15, 0.2) is 0 Å². The minimum Gasteiger partial charge on any atom is -0.481 e. The Morgan fingerprint density at radius 3 is 2.29 bits per heavy atom. The van der Waals surface area contributed by atoms with Crippen LogP contribution in [0.15, 0.2) is 0 Å². The van der Waals surface area contributed by atoms with Crippen molar-refractivity contribution in [3.05, 3.63) is 0 Å². The highest BCUT2D eigenvalue weighted by Crippen LogP contribution is 2.16. The Balaban J connectivity index is 3.87. The maximum Gasteiger partial charge on any atom is 0.303 e. The Morgan fingerprint density at radius 2 is 1.93 bits per heavy atom. The van der Waals surface area contributed by atoms with Crippen molar-refractivity contribution in [2.75, 3.05) is 13.6 Å². The van der Waals surface area contributed by atoms with Gasteiger partial charge in [-0.05, 0) is 25.8 Å². The maximum absolute atomic E-state index is 10.4. The van der Waals surface area contributed by atoms with Crippen LogP contribution in [0.4, 0.5) is 0 Å². The van der Waals surface area contributed by atoms with Gasteiger partial charge in [-0.25, -0.2) is 0 Å². The van der Waals surface area contributed by atoms with E-state index in [2.05, 4.69) is 39.6 Å². The van der Waals surface area contributed by atoms with Gasteiger partial charge in [-0.15, -0.1) is 0 Å². The first-order chi connectivity index (χ1) is 6.22. The van der Waals surface area contributed by atoms with E-state index >= 15 is 0 Å². The van der Waals surface area contributed by atoms with Crippen LogP contribution in [-0.2, 0) is 4.79 Å². The van der Waals surface area contributed by atoms with Gasteiger partial charge in [0.05, 0.1) is 0 Å². The summed E-state index contributed by atoms with van der Waals surface area (Å²) in [7, 11) is 2.05. The minimum atomic E-state index is -0.707. The highest BCUT2D eigenvalue weighted by molar-refractivity contribution is 5.66. The molecule has 0 spiro atoms. The van der Waals surface area contributed by atoms with Crippen molar-refractivity contribution in [2.45, 2.75) is 46.6 Å². The van der Waals surface area contributed by atoms with Crippen molar-refractivity contribution in [1.29, 1.82) is 0 Å². The summed E-state index contributed by atoms with van der Waals surface area (Å²) in [5.41, 5.74) is 0.270. The molecular weight excluding hydrogens is 178 g/mol. The first-order valence-corrected chi connectivity index (χ1v) is 5.14. The molecule has 0 radical (unpaired) electrons. The quantitative estimate of drug-likeness (QED) is 0.741. The van der Waals surface area contributed by atoms with Crippen molar-refractivity contribution >= 4 is 5.97 Å². The summed E-state index contributed by atoms with van der Waals surface area (Å²) < 4.78 is 0. The Labute approximate surface area is 87.1 Å². The van der Waals surface area contributed by atoms with Crippen molar-refractivity contribution in [3.63, 3.8) is 0 Å². The van der Waals surface area contributed by atoms with Gasteiger partial charge in [0.2, 0.25) is 0 Å². The lowest BCUT2D eigenvalue weighted by Crippen LogP contribution is -2.36. The molecule has 0 amide bonds. The fraction of sp³-hybridized carbons (Fsp3) is 0.909. The smallest absolute Gasteiger partial charge is 0.303 e. The summed E-state index contributed by atoms with van der Waals surface area (Å²) >= 11 is 0. The maximum atomic E-state index is 10.4. The summed E-state index contributed by atoms with van der Waals surface area (Å²) in [6.45, 7) is 9.64. The molecule has 0 aliphatic heterocycles. The molecule has 0 aliphatic rings. The van der Waals surface area contributed by atoms with Gasteiger partial charge in [-0.1, -0.05) is 20.8 Å². The molecule has 1 N–H and O–H groups in total. The summed E-state index contributed by atoms with van der Waals surface area (Å²) in [5, 5.41) is 8.56. The van der Waals surface area contributed by atoms with Crippen LogP contribution in [0.25, 0.3) is 0 Å². The molecule has 1 unspecified atom stereocenters. The van der Waals surface area contributed by atoms with E-state index in [1.807, 2.05) is 0 Å². The molecule has 0 fully saturated rings. The number of carboxylic acid groups (broad SMARTS) is 1. The summed E-state index contributed by atoms with van der Waals surface area (Å²) in [6, 6.07) is 0.338. The third kappa shape index (κ3) is 6.89. The van der Waals surface area contributed by atoms with E-state index in [9.17, 15) is 4.79 Å². The van der Waals surface area contributed by atoms with Crippen molar-refractivity contribution in [2.24, 2.45) is 5.41 Å². The molecule has 84 valence electrons. The number of rotatable bonds is 5. The van der Waals surface area contributed by atoms with Gasteiger partial charge in [-0.3, -0.25) is 4.79 Å². The number of carboxylic acids is 1. The average molecular weight is 201 g/mol. The van der Waals surface area contributed by atoms with Gasteiger partial charge in [0, 0.05) is 19.0 Å². The first kappa shape index (κ1) is 13.4. The van der Waals surface area contributed by atoms with Crippen LogP contribution in [0, 0.1) is 5.41 Å². The molecular formula is C11H23NO2. The molecule has 0 aromatic carbocycles. The second kappa shape index (κ2) is 5.35. The lowest BCUT2D eigenvalue weighted by molar-refractivity contribution is -0.137. The van der Waals surface area contributed by atoms with Crippen LogP contribution in [0.2, 0.25) is 0 Å². The van der Waals surface area contributed by atoms with Gasteiger partial charge < -0.3 is 10.0 Å². The van der Waals surface area contributed by atoms with Crippen LogP contribution in [0.5, 0.6) is 0 Å². The monoisotopic (exact) mass is 201 g/mol. The standard InChI is InChI=1S/C11H23NO2/c1-9(6-7-10(13)14)12(5)8-11(2,3)4/h9H,6-8H2,1-5H3,(H,13,14). The SMILES string of the molecule is CC(CCC(=O)O)N(C)CC(C)(C)C. The fourth-order valence-corrected chi connectivity index (χ4v) is 1.46. The van der Waals surface area contributed by atoms with Crippen LogP contribution in [-0.4, -0.2) is 35.6 Å². The largest absolute Gasteiger partial charge is 0.481 e. The molecule has 0 aromatic heterocycles. The normalized spacial score (nSPS) is 14.4. The van der Waals surface area contributed by atoms with E-state index in [1.165, 1.54) is 0 Å². The fourth-order valence-electron chi connectivity index (χ4n) is 1.46. The number of nitrogens with zero attached hydrogens (tertiary/aromatic N) is 1. The molecule has 0 rings (SSSR count). The van der Waals surface area contributed by atoms with Crippen LogP contribution >= 0.6 is 0 Å². The predicted molar refractivity (Wildman–Crippen MR) is 58.4 cm³/mol. The molecule has 14 heavy (non-hydrogen) atoms. The zero-order chi connectivity index (χ0) is 11.4.